The molecule has 7 heteroatoms. The normalized spacial score (nSPS) is 14.6. The smallest absolute Gasteiger partial charge is 0.423 e. The van der Waals surface area contributed by atoms with Crippen LogP contribution in [0.5, 0.6) is 0 Å². The summed E-state index contributed by atoms with van der Waals surface area (Å²) in [4.78, 5) is 12.1. The van der Waals surface area contributed by atoms with Crippen molar-refractivity contribution in [1.82, 2.24) is 9.13 Å². The highest BCUT2D eigenvalue weighted by molar-refractivity contribution is 6.58. The van der Waals surface area contributed by atoms with E-state index in [4.69, 9.17) is 10.0 Å². The van der Waals surface area contributed by atoms with Gasteiger partial charge in [0, 0.05) is 24.0 Å². The van der Waals surface area contributed by atoms with Gasteiger partial charge in [-0.05, 0) is 24.4 Å². The first-order chi connectivity index (χ1) is 9.56. The zero-order valence-electron chi connectivity index (χ0n) is 10.7. The van der Waals surface area contributed by atoms with E-state index >= 15 is 0 Å². The molecule has 0 radical (unpaired) electrons. The molecule has 1 saturated carbocycles. The van der Waals surface area contributed by atoms with E-state index in [2.05, 4.69) is 0 Å². The number of aromatic nitrogens is 2. The average molecular weight is 276 g/mol. The Labute approximate surface area is 115 Å². The predicted octanol–water partition coefficient (Wildman–Crippen LogP) is -0.148. The van der Waals surface area contributed by atoms with Crippen molar-refractivity contribution < 1.29 is 14.4 Å². The Balaban J connectivity index is 1.86. The molecule has 1 fully saturated rings. The van der Waals surface area contributed by atoms with Gasteiger partial charge in [-0.2, -0.15) is 0 Å². The molecule has 1 aliphatic carbocycles. The SMILES string of the molecule is O=c1n(Cc2ccc(B(O)O)cc2F)ccn1C1CC1. The molecule has 1 heterocycles. The third-order valence-corrected chi connectivity index (χ3v) is 3.53. The quantitative estimate of drug-likeness (QED) is 0.763. The highest BCUT2D eigenvalue weighted by Crippen LogP contribution is 2.33. The Hall–Kier alpha value is -1.86. The van der Waals surface area contributed by atoms with Crippen molar-refractivity contribution in [2.75, 3.05) is 0 Å². The lowest BCUT2D eigenvalue weighted by Crippen LogP contribution is -2.30. The Morgan fingerprint density at radius 1 is 1.30 bits per heavy atom. The molecule has 1 aromatic heterocycles. The van der Waals surface area contributed by atoms with E-state index in [0.29, 0.717) is 11.6 Å². The fraction of sp³-hybridized carbons (Fsp3) is 0.308. The van der Waals surface area contributed by atoms with Crippen LogP contribution in [-0.2, 0) is 6.54 Å². The third kappa shape index (κ3) is 2.42. The van der Waals surface area contributed by atoms with E-state index < -0.39 is 12.9 Å². The van der Waals surface area contributed by atoms with Crippen LogP contribution >= 0.6 is 0 Å². The lowest BCUT2D eigenvalue weighted by atomic mass is 9.80. The molecule has 1 aromatic carbocycles. The van der Waals surface area contributed by atoms with Gasteiger partial charge in [0.25, 0.3) is 0 Å². The summed E-state index contributed by atoms with van der Waals surface area (Å²) < 4.78 is 17.0. The number of hydrogen-bond donors (Lipinski definition) is 2. The van der Waals surface area contributed by atoms with Gasteiger partial charge in [0.05, 0.1) is 6.54 Å². The second-order valence-corrected chi connectivity index (χ2v) is 5.07. The monoisotopic (exact) mass is 276 g/mol. The Morgan fingerprint density at radius 3 is 2.65 bits per heavy atom. The first-order valence-corrected chi connectivity index (χ1v) is 6.48. The van der Waals surface area contributed by atoms with E-state index in [9.17, 15) is 9.18 Å². The molecule has 3 rings (SSSR count). The van der Waals surface area contributed by atoms with Crippen LogP contribution in [0.15, 0.2) is 35.4 Å². The molecule has 5 nitrogen and oxygen atoms in total. The standard InChI is InChI=1S/C13H14BFN2O3/c15-12-7-10(14(19)20)2-1-9(12)8-16-5-6-17(13(16)18)11-3-4-11/h1-2,5-7,11,19-20H,3-4,8H2. The lowest BCUT2D eigenvalue weighted by Gasteiger charge is -2.06. The van der Waals surface area contributed by atoms with Gasteiger partial charge in [-0.3, -0.25) is 9.13 Å². The molecule has 0 atom stereocenters. The summed E-state index contributed by atoms with van der Waals surface area (Å²) in [6, 6.07) is 4.26. The van der Waals surface area contributed by atoms with Crippen LogP contribution in [0.4, 0.5) is 4.39 Å². The molecule has 2 N–H and O–H groups in total. The van der Waals surface area contributed by atoms with Crippen LogP contribution in [0.3, 0.4) is 0 Å². The van der Waals surface area contributed by atoms with Crippen LogP contribution in [-0.4, -0.2) is 26.3 Å². The minimum Gasteiger partial charge on any atom is -0.423 e. The van der Waals surface area contributed by atoms with Crippen LogP contribution in [0.25, 0.3) is 0 Å². The first kappa shape index (κ1) is 13.1. The maximum Gasteiger partial charge on any atom is 0.488 e. The zero-order chi connectivity index (χ0) is 14.3. The second kappa shape index (κ2) is 4.92. The highest BCUT2D eigenvalue weighted by atomic mass is 19.1. The summed E-state index contributed by atoms with van der Waals surface area (Å²) in [5, 5.41) is 17.9. The van der Waals surface area contributed by atoms with E-state index in [0.717, 1.165) is 18.9 Å². The largest absolute Gasteiger partial charge is 0.488 e. The van der Waals surface area contributed by atoms with Crippen molar-refractivity contribution in [3.8, 4) is 0 Å². The number of halogens is 1. The first-order valence-electron chi connectivity index (χ1n) is 6.48. The Bertz CT molecular complexity index is 691. The topological polar surface area (TPSA) is 67.4 Å². The molecule has 0 spiro atoms. The van der Waals surface area contributed by atoms with Crippen molar-refractivity contribution in [2.24, 2.45) is 0 Å². The van der Waals surface area contributed by atoms with E-state index in [-0.39, 0.29) is 17.7 Å². The van der Waals surface area contributed by atoms with Crippen LogP contribution < -0.4 is 11.2 Å². The molecule has 2 aromatic rings. The van der Waals surface area contributed by atoms with Crippen LogP contribution in [0, 0.1) is 5.82 Å². The van der Waals surface area contributed by atoms with E-state index in [1.54, 1.807) is 17.0 Å². The summed E-state index contributed by atoms with van der Waals surface area (Å²) in [6.07, 6.45) is 5.40. The Morgan fingerprint density at radius 2 is 2.05 bits per heavy atom. The summed E-state index contributed by atoms with van der Waals surface area (Å²) in [5.41, 5.74) is 0.289. The van der Waals surface area contributed by atoms with Crippen LogP contribution in [0.2, 0.25) is 0 Å². The summed E-state index contributed by atoms with van der Waals surface area (Å²) in [6.45, 7) is 0.131. The van der Waals surface area contributed by atoms with Crippen molar-refractivity contribution in [2.45, 2.75) is 25.4 Å². The van der Waals surface area contributed by atoms with Gasteiger partial charge < -0.3 is 10.0 Å². The summed E-state index contributed by atoms with van der Waals surface area (Å²) in [5.74, 6) is -0.554. The number of imidazole rings is 1. The Kier molecular flexibility index (Phi) is 3.23. The minimum atomic E-state index is -1.70. The van der Waals surface area contributed by atoms with Gasteiger partial charge in [0.2, 0.25) is 0 Å². The third-order valence-electron chi connectivity index (χ3n) is 3.53. The van der Waals surface area contributed by atoms with Gasteiger partial charge in [0.1, 0.15) is 5.82 Å². The molecule has 1 aliphatic rings. The average Bonchev–Trinajstić information content (AvgIpc) is 3.18. The second-order valence-electron chi connectivity index (χ2n) is 5.07. The van der Waals surface area contributed by atoms with Crippen molar-refractivity contribution in [3.05, 3.63) is 52.5 Å². The van der Waals surface area contributed by atoms with Gasteiger partial charge in [-0.1, -0.05) is 12.1 Å². The lowest BCUT2D eigenvalue weighted by molar-refractivity contribution is 0.425. The number of rotatable bonds is 4. The molecular formula is C13H14BFN2O3. The van der Waals surface area contributed by atoms with Gasteiger partial charge in [-0.25, -0.2) is 9.18 Å². The maximum absolute atomic E-state index is 13.9. The van der Waals surface area contributed by atoms with Gasteiger partial charge in [-0.15, -0.1) is 0 Å². The van der Waals surface area contributed by atoms with Crippen molar-refractivity contribution >= 4 is 12.6 Å². The summed E-state index contributed by atoms with van der Waals surface area (Å²) in [7, 11) is -1.70. The molecule has 0 saturated heterocycles. The van der Waals surface area contributed by atoms with Crippen molar-refractivity contribution in [1.29, 1.82) is 0 Å². The zero-order valence-corrected chi connectivity index (χ0v) is 10.7. The van der Waals surface area contributed by atoms with Gasteiger partial charge >= 0.3 is 12.8 Å². The summed E-state index contributed by atoms with van der Waals surface area (Å²) >= 11 is 0. The molecule has 0 bridgehead atoms. The highest BCUT2D eigenvalue weighted by Gasteiger charge is 2.25. The fourth-order valence-corrected chi connectivity index (χ4v) is 2.21. The van der Waals surface area contributed by atoms with Gasteiger partial charge in [0.15, 0.2) is 0 Å². The number of nitrogens with zero attached hydrogens (tertiary/aromatic N) is 2. The molecule has 104 valence electrons. The molecule has 0 aliphatic heterocycles. The molecular weight excluding hydrogens is 262 g/mol. The van der Waals surface area contributed by atoms with E-state index in [1.165, 1.54) is 16.7 Å². The van der Waals surface area contributed by atoms with Crippen LogP contribution in [0.1, 0.15) is 24.4 Å². The molecule has 20 heavy (non-hydrogen) atoms. The van der Waals surface area contributed by atoms with E-state index in [1.807, 2.05) is 0 Å². The maximum atomic E-state index is 13.9. The number of benzene rings is 1. The molecule has 0 unspecified atom stereocenters. The fourth-order valence-electron chi connectivity index (χ4n) is 2.21. The number of hydrogen-bond acceptors (Lipinski definition) is 3. The minimum absolute atomic E-state index is 0.0918. The molecule has 0 amide bonds. The van der Waals surface area contributed by atoms with Crippen molar-refractivity contribution in [3.63, 3.8) is 0 Å². The predicted molar refractivity (Wildman–Crippen MR) is 72.3 cm³/mol.